The van der Waals surface area contributed by atoms with E-state index in [0.29, 0.717) is 11.6 Å². The van der Waals surface area contributed by atoms with Crippen LogP contribution in [0.4, 0.5) is 5.69 Å². The SMILES string of the molecule is CC1([B]c2ccc(OCCN3CCC4(CC3)C(=O)Nc3ccc(Cl)cc34)cc2)COC1. The van der Waals surface area contributed by atoms with Gasteiger partial charge in [0.2, 0.25) is 5.91 Å². The minimum Gasteiger partial charge on any atom is -0.492 e. The van der Waals surface area contributed by atoms with E-state index in [9.17, 15) is 4.79 Å². The van der Waals surface area contributed by atoms with Gasteiger partial charge in [0, 0.05) is 30.5 Å². The Morgan fingerprint density at radius 2 is 1.90 bits per heavy atom. The number of benzene rings is 2. The largest absolute Gasteiger partial charge is 0.492 e. The van der Waals surface area contributed by atoms with E-state index in [0.717, 1.165) is 62.7 Å². The quantitative estimate of drug-likeness (QED) is 0.705. The molecule has 2 aromatic rings. The zero-order valence-corrected chi connectivity index (χ0v) is 18.6. The molecule has 0 bridgehead atoms. The van der Waals surface area contributed by atoms with Crippen molar-refractivity contribution in [3.63, 3.8) is 0 Å². The van der Waals surface area contributed by atoms with Crippen LogP contribution < -0.4 is 15.5 Å². The van der Waals surface area contributed by atoms with Gasteiger partial charge in [0.05, 0.1) is 5.41 Å². The van der Waals surface area contributed by atoms with Crippen molar-refractivity contribution in [3.05, 3.63) is 53.1 Å². The Morgan fingerprint density at radius 1 is 1.16 bits per heavy atom. The highest BCUT2D eigenvalue weighted by Gasteiger charge is 2.48. The number of anilines is 1. The Morgan fingerprint density at radius 3 is 2.58 bits per heavy atom. The molecule has 161 valence electrons. The highest BCUT2D eigenvalue weighted by molar-refractivity contribution is 6.57. The molecular formula is C24H27BClN2O3. The van der Waals surface area contributed by atoms with E-state index in [2.05, 4.69) is 36.6 Å². The van der Waals surface area contributed by atoms with Crippen molar-refractivity contribution in [2.45, 2.75) is 30.5 Å². The Hall–Kier alpha value is -2.02. The molecule has 0 aliphatic carbocycles. The molecular weight excluding hydrogens is 411 g/mol. The van der Waals surface area contributed by atoms with E-state index in [1.165, 1.54) is 5.46 Å². The lowest BCUT2D eigenvalue weighted by molar-refractivity contribution is -0.122. The van der Waals surface area contributed by atoms with E-state index >= 15 is 0 Å². The molecule has 1 spiro atoms. The first kappa shape index (κ1) is 20.9. The number of hydrogen-bond donors (Lipinski definition) is 1. The van der Waals surface area contributed by atoms with Crippen LogP contribution in [-0.2, 0) is 14.9 Å². The molecule has 3 aliphatic heterocycles. The molecule has 2 aromatic carbocycles. The molecule has 2 fully saturated rings. The standard InChI is InChI=1S/C24H27BClN2O3/c1-23(15-30-16-23)25-17-2-5-19(6-3-17)31-13-12-28-10-8-24(9-11-28)20-14-18(26)4-7-21(20)27-22(24)29/h2-7,14H,8-13,15-16H2,1H3,(H,27,29). The van der Waals surface area contributed by atoms with Crippen LogP contribution in [0.25, 0.3) is 0 Å². The molecule has 1 N–H and O–H groups in total. The molecule has 7 heteroatoms. The van der Waals surface area contributed by atoms with E-state index < -0.39 is 5.41 Å². The van der Waals surface area contributed by atoms with Gasteiger partial charge in [0.25, 0.3) is 0 Å². The van der Waals surface area contributed by atoms with Crippen LogP contribution in [-0.4, -0.2) is 57.5 Å². The Kier molecular flexibility index (Phi) is 5.49. The summed E-state index contributed by atoms with van der Waals surface area (Å²) in [5.74, 6) is 0.999. The third-order valence-electron chi connectivity index (χ3n) is 6.82. The van der Waals surface area contributed by atoms with Crippen LogP contribution in [0, 0.1) is 0 Å². The van der Waals surface area contributed by atoms with Crippen molar-refractivity contribution >= 4 is 35.9 Å². The van der Waals surface area contributed by atoms with Crippen molar-refractivity contribution in [2.75, 3.05) is 44.8 Å². The Bertz CT molecular complexity index is 969. The van der Waals surface area contributed by atoms with E-state index in [1.54, 1.807) is 0 Å². The zero-order chi connectivity index (χ0) is 21.5. The summed E-state index contributed by atoms with van der Waals surface area (Å²) in [4.78, 5) is 15.1. The van der Waals surface area contributed by atoms with Crippen molar-refractivity contribution in [1.82, 2.24) is 4.90 Å². The fourth-order valence-corrected chi connectivity index (χ4v) is 5.08. The molecule has 3 heterocycles. The average Bonchev–Trinajstić information content (AvgIpc) is 3.00. The molecule has 2 saturated heterocycles. The van der Waals surface area contributed by atoms with Gasteiger partial charge in [0.15, 0.2) is 7.28 Å². The summed E-state index contributed by atoms with van der Waals surface area (Å²) in [6, 6.07) is 14.0. The minimum atomic E-state index is -0.438. The van der Waals surface area contributed by atoms with Crippen LogP contribution >= 0.6 is 11.6 Å². The molecule has 0 aromatic heterocycles. The molecule has 1 radical (unpaired) electrons. The predicted molar refractivity (Wildman–Crippen MR) is 124 cm³/mol. The minimum absolute atomic E-state index is 0.111. The fraction of sp³-hybridized carbons (Fsp3) is 0.458. The molecule has 0 unspecified atom stereocenters. The number of halogens is 1. The van der Waals surface area contributed by atoms with Crippen molar-refractivity contribution in [2.24, 2.45) is 0 Å². The second kappa shape index (κ2) is 8.16. The first-order valence-corrected chi connectivity index (χ1v) is 11.3. The summed E-state index contributed by atoms with van der Waals surface area (Å²) < 4.78 is 11.3. The number of fused-ring (bicyclic) bond motifs is 2. The fourth-order valence-electron chi connectivity index (χ4n) is 4.90. The Labute approximate surface area is 189 Å². The topological polar surface area (TPSA) is 50.8 Å². The number of carbonyl (C=O) groups excluding carboxylic acids is 1. The number of nitrogens with one attached hydrogen (secondary N) is 1. The van der Waals surface area contributed by atoms with Gasteiger partial charge in [-0.1, -0.05) is 36.1 Å². The summed E-state index contributed by atoms with van der Waals surface area (Å²) in [5.41, 5.74) is 2.73. The summed E-state index contributed by atoms with van der Waals surface area (Å²) in [6.07, 6.45) is 1.61. The number of amides is 1. The lowest BCUT2D eigenvalue weighted by Crippen LogP contribution is -2.47. The van der Waals surface area contributed by atoms with Gasteiger partial charge < -0.3 is 14.8 Å². The number of rotatable bonds is 6. The first-order chi connectivity index (χ1) is 15.0. The number of hydrogen-bond acceptors (Lipinski definition) is 4. The summed E-state index contributed by atoms with van der Waals surface area (Å²) >= 11 is 6.21. The number of piperidine rings is 1. The maximum atomic E-state index is 12.8. The molecule has 5 nitrogen and oxygen atoms in total. The Balaban J connectivity index is 1.11. The molecule has 31 heavy (non-hydrogen) atoms. The summed E-state index contributed by atoms with van der Waals surface area (Å²) in [6.45, 7) is 7.03. The van der Waals surface area contributed by atoms with Crippen LogP contribution in [0.5, 0.6) is 5.75 Å². The number of likely N-dealkylation sites (tertiary alicyclic amines) is 1. The van der Waals surface area contributed by atoms with E-state index in [4.69, 9.17) is 21.1 Å². The summed E-state index contributed by atoms with van der Waals surface area (Å²) in [5, 5.41) is 3.89. The van der Waals surface area contributed by atoms with Gasteiger partial charge in [-0.15, -0.1) is 0 Å². The molecule has 5 rings (SSSR count). The molecule has 0 atom stereocenters. The normalized spacial score (nSPS) is 21.3. The van der Waals surface area contributed by atoms with Crippen LogP contribution in [0.2, 0.25) is 10.3 Å². The number of carbonyl (C=O) groups is 1. The highest BCUT2D eigenvalue weighted by Crippen LogP contribution is 2.45. The molecule has 1 amide bonds. The molecule has 0 saturated carbocycles. The second-order valence-corrected chi connectivity index (χ2v) is 9.71. The zero-order valence-electron chi connectivity index (χ0n) is 17.8. The highest BCUT2D eigenvalue weighted by atomic mass is 35.5. The van der Waals surface area contributed by atoms with E-state index in [-0.39, 0.29) is 11.2 Å². The molecule has 3 aliphatic rings. The van der Waals surface area contributed by atoms with Gasteiger partial charge in [-0.3, -0.25) is 9.69 Å². The van der Waals surface area contributed by atoms with Crippen LogP contribution in [0.1, 0.15) is 25.3 Å². The lowest BCUT2D eigenvalue weighted by Gasteiger charge is -2.38. The first-order valence-electron chi connectivity index (χ1n) is 11.0. The third-order valence-corrected chi connectivity index (χ3v) is 7.06. The smallest absolute Gasteiger partial charge is 0.235 e. The van der Waals surface area contributed by atoms with Crippen molar-refractivity contribution in [1.29, 1.82) is 0 Å². The maximum absolute atomic E-state index is 12.8. The second-order valence-electron chi connectivity index (χ2n) is 9.28. The third kappa shape index (κ3) is 4.09. The number of nitrogens with zero attached hydrogens (tertiary/aromatic N) is 1. The van der Waals surface area contributed by atoms with E-state index in [1.807, 2.05) is 30.3 Å². The lowest BCUT2D eigenvalue weighted by atomic mass is 9.48. The van der Waals surface area contributed by atoms with Gasteiger partial charge in [-0.25, -0.2) is 0 Å². The van der Waals surface area contributed by atoms with Crippen molar-refractivity contribution < 1.29 is 14.3 Å². The van der Waals surface area contributed by atoms with Gasteiger partial charge in [-0.05, 0) is 67.1 Å². The monoisotopic (exact) mass is 437 g/mol. The van der Waals surface area contributed by atoms with Gasteiger partial charge in [-0.2, -0.15) is 0 Å². The van der Waals surface area contributed by atoms with Gasteiger partial charge in [0.1, 0.15) is 12.4 Å². The summed E-state index contributed by atoms with van der Waals surface area (Å²) in [7, 11) is 2.27. The van der Waals surface area contributed by atoms with Crippen LogP contribution in [0.15, 0.2) is 42.5 Å². The average molecular weight is 438 g/mol. The number of ether oxygens (including phenoxy) is 2. The van der Waals surface area contributed by atoms with Crippen molar-refractivity contribution in [3.8, 4) is 5.75 Å². The van der Waals surface area contributed by atoms with Crippen LogP contribution in [0.3, 0.4) is 0 Å². The predicted octanol–water partition coefficient (Wildman–Crippen LogP) is 3.24. The maximum Gasteiger partial charge on any atom is 0.235 e. The van der Waals surface area contributed by atoms with Gasteiger partial charge >= 0.3 is 0 Å².